The summed E-state index contributed by atoms with van der Waals surface area (Å²) in [4.78, 5) is -0.107. The average molecular weight is 170 g/mol. The topological polar surface area (TPSA) is 34.1 Å². The van der Waals surface area contributed by atoms with Crippen LogP contribution in [0.3, 0.4) is 0 Å². The summed E-state index contributed by atoms with van der Waals surface area (Å²) in [5.41, 5.74) is 0. The smallest absolute Gasteiger partial charge is 0.205 e. The average Bonchev–Trinajstić information content (AvgIpc) is 2.01. The minimum atomic E-state index is -3.46. The van der Waals surface area contributed by atoms with E-state index in [2.05, 4.69) is 26.3 Å². The molecule has 0 heterocycles. The zero-order chi connectivity index (χ0) is 9.07. The molecule has 0 aromatic carbocycles. The molecule has 2 nitrogen and oxygen atoms in total. The van der Waals surface area contributed by atoms with E-state index in [4.69, 9.17) is 0 Å². The van der Waals surface area contributed by atoms with Crippen molar-refractivity contribution in [3.05, 3.63) is 48.3 Å². The number of allylic oxidation sites excluding steroid dienone is 2. The Kier molecular flexibility index (Phi) is 3.01. The first-order valence-corrected chi connectivity index (χ1v) is 4.33. The van der Waals surface area contributed by atoms with Gasteiger partial charge in [0.2, 0.25) is 9.84 Å². The molecule has 0 aliphatic heterocycles. The summed E-state index contributed by atoms with van der Waals surface area (Å²) in [6, 6.07) is 0. The third kappa shape index (κ3) is 1.91. The van der Waals surface area contributed by atoms with Crippen LogP contribution in [0.1, 0.15) is 0 Å². The largest absolute Gasteiger partial charge is 0.219 e. The lowest BCUT2D eigenvalue weighted by Crippen LogP contribution is -2.01. The van der Waals surface area contributed by atoms with Gasteiger partial charge >= 0.3 is 0 Å². The molecule has 0 N–H and O–H groups in total. The lowest BCUT2D eigenvalue weighted by Gasteiger charge is -2.00. The van der Waals surface area contributed by atoms with E-state index in [0.29, 0.717) is 0 Å². The molecule has 0 spiro atoms. The first-order chi connectivity index (χ1) is 4.96. The van der Waals surface area contributed by atoms with E-state index in [0.717, 1.165) is 0 Å². The van der Waals surface area contributed by atoms with E-state index in [1.165, 1.54) is 12.2 Å². The van der Waals surface area contributed by atoms with Gasteiger partial charge in [0.05, 0.1) is 9.81 Å². The minimum absolute atomic E-state index is 0.0533. The van der Waals surface area contributed by atoms with E-state index < -0.39 is 9.84 Å². The second-order valence-electron chi connectivity index (χ2n) is 1.84. The fourth-order valence-corrected chi connectivity index (χ4v) is 1.16. The van der Waals surface area contributed by atoms with Crippen LogP contribution in [-0.4, -0.2) is 8.42 Å². The number of sulfone groups is 1. The summed E-state index contributed by atoms with van der Waals surface area (Å²) in [6.07, 6.45) is 2.34. The van der Waals surface area contributed by atoms with Gasteiger partial charge in [-0.05, 0) is 0 Å². The van der Waals surface area contributed by atoms with Gasteiger partial charge in [0, 0.05) is 0 Å². The first-order valence-electron chi connectivity index (χ1n) is 2.84. The Morgan fingerprint density at radius 3 is 1.45 bits per heavy atom. The van der Waals surface area contributed by atoms with E-state index in [-0.39, 0.29) is 9.81 Å². The number of rotatable bonds is 4. The van der Waals surface area contributed by atoms with Gasteiger partial charge in [-0.15, -0.1) is 0 Å². The quantitative estimate of drug-likeness (QED) is 0.603. The molecule has 0 atom stereocenters. The van der Waals surface area contributed by atoms with Crippen LogP contribution in [0.15, 0.2) is 48.3 Å². The van der Waals surface area contributed by atoms with Crippen LogP contribution < -0.4 is 0 Å². The standard InChI is InChI=1S/C8H10O2S/c1-5-7(3)11(9,10)8(4)6-2/h5-6H,1-4H2. The van der Waals surface area contributed by atoms with Crippen molar-refractivity contribution in [3.63, 3.8) is 0 Å². The normalized spacial score (nSPS) is 10.2. The molecular formula is C8H10O2S. The summed E-state index contributed by atoms with van der Waals surface area (Å²) in [6.45, 7) is 13.2. The van der Waals surface area contributed by atoms with Crippen molar-refractivity contribution in [1.82, 2.24) is 0 Å². The molecule has 0 aliphatic carbocycles. The minimum Gasteiger partial charge on any atom is -0.219 e. The third-order valence-electron chi connectivity index (χ3n) is 1.15. The summed E-state index contributed by atoms with van der Waals surface area (Å²) < 4.78 is 22.3. The molecule has 0 radical (unpaired) electrons. The van der Waals surface area contributed by atoms with Gasteiger partial charge in [-0.1, -0.05) is 38.5 Å². The molecule has 0 aliphatic rings. The van der Waals surface area contributed by atoms with Gasteiger partial charge < -0.3 is 0 Å². The van der Waals surface area contributed by atoms with Crippen molar-refractivity contribution < 1.29 is 8.42 Å². The highest BCUT2D eigenvalue weighted by Gasteiger charge is 2.14. The van der Waals surface area contributed by atoms with Crippen LogP contribution in [0.4, 0.5) is 0 Å². The van der Waals surface area contributed by atoms with Gasteiger partial charge in [0.1, 0.15) is 0 Å². The molecule has 11 heavy (non-hydrogen) atoms. The van der Waals surface area contributed by atoms with E-state index >= 15 is 0 Å². The van der Waals surface area contributed by atoms with E-state index in [1.807, 2.05) is 0 Å². The van der Waals surface area contributed by atoms with Crippen molar-refractivity contribution in [1.29, 1.82) is 0 Å². The molecule has 0 fully saturated rings. The van der Waals surface area contributed by atoms with Crippen molar-refractivity contribution in [2.75, 3.05) is 0 Å². The summed E-state index contributed by atoms with van der Waals surface area (Å²) in [5.74, 6) is 0. The summed E-state index contributed by atoms with van der Waals surface area (Å²) in [5, 5.41) is 0. The number of hydrogen-bond donors (Lipinski definition) is 0. The second kappa shape index (κ2) is 3.34. The van der Waals surface area contributed by atoms with Crippen molar-refractivity contribution in [2.24, 2.45) is 0 Å². The molecule has 0 unspecified atom stereocenters. The Labute approximate surface area is 67.2 Å². The third-order valence-corrected chi connectivity index (χ3v) is 2.86. The van der Waals surface area contributed by atoms with Crippen LogP contribution >= 0.6 is 0 Å². The van der Waals surface area contributed by atoms with Gasteiger partial charge in [-0.2, -0.15) is 0 Å². The highest BCUT2D eigenvalue weighted by Crippen LogP contribution is 2.14. The summed E-state index contributed by atoms with van der Waals surface area (Å²) in [7, 11) is -3.46. The van der Waals surface area contributed by atoms with Crippen LogP contribution in [-0.2, 0) is 9.84 Å². The van der Waals surface area contributed by atoms with Gasteiger partial charge in [-0.25, -0.2) is 8.42 Å². The Balaban J connectivity index is 5.06. The zero-order valence-electron chi connectivity index (χ0n) is 6.21. The zero-order valence-corrected chi connectivity index (χ0v) is 7.02. The maximum atomic E-state index is 11.2. The highest BCUT2D eigenvalue weighted by atomic mass is 32.2. The van der Waals surface area contributed by atoms with Crippen LogP contribution in [0.2, 0.25) is 0 Å². The lowest BCUT2D eigenvalue weighted by molar-refractivity contribution is 0.609. The Morgan fingerprint density at radius 2 is 1.27 bits per heavy atom. The van der Waals surface area contributed by atoms with Crippen molar-refractivity contribution in [3.8, 4) is 0 Å². The molecule has 0 amide bonds. The maximum Gasteiger partial charge on any atom is 0.205 e. The Hall–Kier alpha value is -1.09. The Bertz CT molecular complexity index is 281. The molecule has 0 bridgehead atoms. The van der Waals surface area contributed by atoms with Crippen molar-refractivity contribution >= 4 is 9.84 Å². The SMILES string of the molecule is C=CC(=C)S(=O)(=O)C(=C)C=C. The molecule has 0 aromatic rings. The predicted molar refractivity (Wildman–Crippen MR) is 47.6 cm³/mol. The molecule has 0 saturated heterocycles. The molecule has 0 aromatic heterocycles. The van der Waals surface area contributed by atoms with Gasteiger partial charge in [0.15, 0.2) is 0 Å². The second-order valence-corrected chi connectivity index (χ2v) is 3.90. The molecular weight excluding hydrogens is 160 g/mol. The van der Waals surface area contributed by atoms with Gasteiger partial charge in [-0.3, -0.25) is 0 Å². The van der Waals surface area contributed by atoms with Gasteiger partial charge in [0.25, 0.3) is 0 Å². The highest BCUT2D eigenvalue weighted by molar-refractivity contribution is 7.99. The van der Waals surface area contributed by atoms with Crippen LogP contribution in [0.5, 0.6) is 0 Å². The predicted octanol–water partition coefficient (Wildman–Crippen LogP) is 1.80. The Morgan fingerprint density at radius 1 is 1.00 bits per heavy atom. The molecule has 60 valence electrons. The lowest BCUT2D eigenvalue weighted by atomic mass is 10.6. The van der Waals surface area contributed by atoms with E-state index in [1.54, 1.807) is 0 Å². The fraction of sp³-hybridized carbons (Fsp3) is 0. The molecule has 3 heteroatoms. The van der Waals surface area contributed by atoms with Crippen molar-refractivity contribution in [2.45, 2.75) is 0 Å². The fourth-order valence-electron chi connectivity index (χ4n) is 0.388. The summed E-state index contributed by atoms with van der Waals surface area (Å²) >= 11 is 0. The monoisotopic (exact) mass is 170 g/mol. The van der Waals surface area contributed by atoms with Crippen LogP contribution in [0, 0.1) is 0 Å². The number of hydrogen-bond acceptors (Lipinski definition) is 2. The first kappa shape index (κ1) is 9.91. The van der Waals surface area contributed by atoms with Crippen LogP contribution in [0.25, 0.3) is 0 Å². The van der Waals surface area contributed by atoms with E-state index in [9.17, 15) is 8.42 Å². The maximum absolute atomic E-state index is 11.2. The molecule has 0 saturated carbocycles. The molecule has 0 rings (SSSR count).